The average molecular weight is 855 g/mol. The van der Waals surface area contributed by atoms with Crippen LogP contribution in [0.5, 0.6) is 0 Å². The number of esters is 1. The van der Waals surface area contributed by atoms with Crippen LogP contribution in [0.25, 0.3) is 0 Å². The van der Waals surface area contributed by atoms with E-state index in [4.69, 9.17) is 28.4 Å². The van der Waals surface area contributed by atoms with Crippen LogP contribution in [0.1, 0.15) is 144 Å². The molecule has 0 aliphatic carbocycles. The summed E-state index contributed by atoms with van der Waals surface area (Å²) >= 11 is 0. The van der Waals surface area contributed by atoms with Crippen LogP contribution in [0.3, 0.4) is 0 Å². The Hall–Kier alpha value is -2.71. The molecular formula is C49H74O12. The van der Waals surface area contributed by atoms with Crippen LogP contribution >= 0.6 is 0 Å². The first-order chi connectivity index (χ1) is 28.8. The molecule has 5 heterocycles. The van der Waals surface area contributed by atoms with Gasteiger partial charge in [0.25, 0.3) is 0 Å². The number of rotatable bonds is 14. The highest BCUT2D eigenvalue weighted by atomic mass is 16.8. The van der Waals surface area contributed by atoms with Crippen molar-refractivity contribution in [2.24, 2.45) is 41.4 Å². The van der Waals surface area contributed by atoms with Gasteiger partial charge in [0.05, 0.1) is 59.3 Å². The molecule has 18 atom stereocenters. The van der Waals surface area contributed by atoms with Gasteiger partial charge >= 0.3 is 11.9 Å². The molecule has 1 aromatic carbocycles. The monoisotopic (exact) mass is 855 g/mol. The minimum Gasteiger partial charge on any atom is -0.481 e. The molecule has 0 saturated carbocycles. The Morgan fingerprint density at radius 1 is 0.869 bits per heavy atom. The maximum atomic E-state index is 14.7. The number of benzene rings is 1. The van der Waals surface area contributed by atoms with Gasteiger partial charge in [0.1, 0.15) is 5.78 Å². The molecule has 0 amide bonds. The predicted octanol–water partition coefficient (Wildman–Crippen LogP) is 8.05. The Morgan fingerprint density at radius 2 is 1.56 bits per heavy atom. The van der Waals surface area contributed by atoms with Gasteiger partial charge in [-0.15, -0.1) is 0 Å². The van der Waals surface area contributed by atoms with Crippen molar-refractivity contribution < 1.29 is 58.1 Å². The van der Waals surface area contributed by atoms with Crippen LogP contribution in [0, 0.1) is 41.4 Å². The normalized spacial score (nSPS) is 41.5. The highest BCUT2D eigenvalue weighted by molar-refractivity contribution is 5.89. The van der Waals surface area contributed by atoms with Gasteiger partial charge in [-0.25, -0.2) is 4.79 Å². The Bertz CT molecular complexity index is 1720. The highest BCUT2D eigenvalue weighted by Gasteiger charge is 2.64. The summed E-state index contributed by atoms with van der Waals surface area (Å²) in [5, 5.41) is 32.9. The summed E-state index contributed by atoms with van der Waals surface area (Å²) in [5.41, 5.74) is -1.37. The van der Waals surface area contributed by atoms with Crippen molar-refractivity contribution in [1.82, 2.24) is 0 Å². The number of ether oxygens (including phenoxy) is 6. The van der Waals surface area contributed by atoms with Crippen LogP contribution in [-0.4, -0.2) is 98.5 Å². The van der Waals surface area contributed by atoms with Crippen molar-refractivity contribution in [3.05, 3.63) is 48.0 Å². The molecule has 5 aliphatic heterocycles. The zero-order valence-corrected chi connectivity index (χ0v) is 38.2. The minimum absolute atomic E-state index is 0.0356. The smallest absolute Gasteiger partial charge is 0.338 e. The third-order valence-electron chi connectivity index (χ3n) is 15.7. The van der Waals surface area contributed by atoms with Crippen molar-refractivity contribution >= 4 is 17.7 Å². The molecule has 0 aromatic heterocycles. The Kier molecular flexibility index (Phi) is 14.7. The highest BCUT2D eigenvalue weighted by Crippen LogP contribution is 2.55. The fraction of sp³-hybridized carbons (Fsp3) is 0.776. The van der Waals surface area contributed by atoms with Crippen molar-refractivity contribution in [2.45, 2.75) is 199 Å². The Labute approximate surface area is 363 Å². The molecule has 0 unspecified atom stereocenters. The van der Waals surface area contributed by atoms with E-state index in [0.717, 1.165) is 6.42 Å². The summed E-state index contributed by atoms with van der Waals surface area (Å²) in [5.74, 6) is -6.77. The van der Waals surface area contributed by atoms with E-state index < -0.39 is 95.0 Å². The Balaban J connectivity index is 1.25. The number of aliphatic carboxylic acids is 1. The van der Waals surface area contributed by atoms with Gasteiger partial charge < -0.3 is 43.7 Å². The molecule has 12 heteroatoms. The van der Waals surface area contributed by atoms with Crippen molar-refractivity contribution in [3.8, 4) is 0 Å². The maximum absolute atomic E-state index is 14.7. The third-order valence-corrected chi connectivity index (χ3v) is 15.7. The van der Waals surface area contributed by atoms with Crippen molar-refractivity contribution in [1.29, 1.82) is 0 Å². The average Bonchev–Trinajstić information content (AvgIpc) is 3.58. The summed E-state index contributed by atoms with van der Waals surface area (Å²) in [4.78, 5) is 40.3. The second-order valence-corrected chi connectivity index (χ2v) is 19.7. The number of carboxylic acid groups (broad SMARTS) is 1. The maximum Gasteiger partial charge on any atom is 0.338 e. The van der Waals surface area contributed by atoms with Gasteiger partial charge in [-0.05, 0) is 108 Å². The first kappa shape index (κ1) is 47.8. The molecule has 4 fully saturated rings. The molecule has 3 N–H and O–H groups in total. The van der Waals surface area contributed by atoms with E-state index in [9.17, 15) is 29.7 Å². The number of hydrogen-bond donors (Lipinski definition) is 3. The lowest BCUT2D eigenvalue weighted by atomic mass is 9.72. The zero-order valence-electron chi connectivity index (χ0n) is 38.2. The SMILES string of the molecule is CC[C@@H](C(=O)[C@@H](C)[C@@H](O)[C@H](C)[C@@H]1O[C@@H]([C@@H](CC)C(=O)O)CC[C@@H]1C)[C@H]1O[C@]2(C=C[C@H](OC(=O)c3ccccc3)[C@]3(CC[C@@](C)([C@H]4CC[C@](O)(CC)[C@H](C)O4)O3)O2)[C@H](C)C[C@@H]1C. The fourth-order valence-corrected chi connectivity index (χ4v) is 11.4. The van der Waals surface area contributed by atoms with E-state index >= 15 is 0 Å². The van der Waals surface area contributed by atoms with E-state index in [0.29, 0.717) is 63.4 Å². The predicted molar refractivity (Wildman–Crippen MR) is 228 cm³/mol. The molecule has 1 aromatic rings. The summed E-state index contributed by atoms with van der Waals surface area (Å²) in [7, 11) is 0. The molecule has 6 rings (SSSR count). The first-order valence-corrected chi connectivity index (χ1v) is 23.3. The molecule has 0 bridgehead atoms. The summed E-state index contributed by atoms with van der Waals surface area (Å²) in [6.45, 7) is 19.6. The summed E-state index contributed by atoms with van der Waals surface area (Å²) in [6, 6.07) is 8.81. The first-order valence-electron chi connectivity index (χ1n) is 23.3. The molecule has 61 heavy (non-hydrogen) atoms. The number of carbonyl (C=O) groups is 3. The fourth-order valence-electron chi connectivity index (χ4n) is 11.4. The van der Waals surface area contributed by atoms with Gasteiger partial charge in [0.2, 0.25) is 5.79 Å². The van der Waals surface area contributed by atoms with E-state index in [1.54, 1.807) is 31.2 Å². The van der Waals surface area contributed by atoms with Crippen molar-refractivity contribution in [3.63, 3.8) is 0 Å². The molecular weight excluding hydrogens is 781 g/mol. The molecule has 2 spiro atoms. The van der Waals surface area contributed by atoms with E-state index in [2.05, 4.69) is 20.8 Å². The van der Waals surface area contributed by atoms with Crippen LogP contribution in [0.4, 0.5) is 0 Å². The number of aliphatic hydroxyl groups is 2. The second-order valence-electron chi connectivity index (χ2n) is 19.7. The molecule has 4 saturated heterocycles. The van der Waals surface area contributed by atoms with Gasteiger partial charge in [-0.2, -0.15) is 0 Å². The molecule has 12 nitrogen and oxygen atoms in total. The largest absolute Gasteiger partial charge is 0.481 e. The lowest BCUT2D eigenvalue weighted by Gasteiger charge is -2.54. The van der Waals surface area contributed by atoms with Gasteiger partial charge in [-0.1, -0.05) is 73.6 Å². The number of carbonyl (C=O) groups excluding carboxylic acids is 2. The van der Waals surface area contributed by atoms with E-state index in [1.807, 2.05) is 59.8 Å². The number of carboxylic acids is 1. The number of aliphatic hydroxyl groups excluding tert-OH is 1. The minimum atomic E-state index is -1.45. The van der Waals surface area contributed by atoms with E-state index in [1.165, 1.54) is 0 Å². The molecule has 0 radical (unpaired) electrons. The van der Waals surface area contributed by atoms with Crippen molar-refractivity contribution in [2.75, 3.05) is 0 Å². The quantitative estimate of drug-likeness (QED) is 0.122. The molecule has 342 valence electrons. The van der Waals surface area contributed by atoms with Crippen LogP contribution < -0.4 is 0 Å². The zero-order chi connectivity index (χ0) is 44.7. The van der Waals surface area contributed by atoms with Crippen LogP contribution in [-0.2, 0) is 38.0 Å². The van der Waals surface area contributed by atoms with Gasteiger partial charge in [0.15, 0.2) is 11.9 Å². The number of hydrogen-bond acceptors (Lipinski definition) is 11. The summed E-state index contributed by atoms with van der Waals surface area (Å²) < 4.78 is 40.7. The van der Waals surface area contributed by atoms with E-state index in [-0.39, 0.29) is 29.6 Å². The number of ketones is 1. The summed E-state index contributed by atoms with van der Waals surface area (Å²) in [6.07, 6.45) is 5.18. The van der Waals surface area contributed by atoms with Gasteiger partial charge in [-0.3, -0.25) is 9.59 Å². The topological polar surface area (TPSA) is 167 Å². The third kappa shape index (κ3) is 9.29. The lowest BCUT2D eigenvalue weighted by molar-refractivity contribution is -0.408. The molecule has 5 aliphatic rings. The van der Waals surface area contributed by atoms with Gasteiger partial charge in [0, 0.05) is 30.1 Å². The van der Waals surface area contributed by atoms with Crippen LogP contribution in [0.15, 0.2) is 42.5 Å². The Morgan fingerprint density at radius 3 is 2.18 bits per heavy atom. The lowest BCUT2D eigenvalue weighted by Crippen LogP contribution is -2.63. The van der Waals surface area contributed by atoms with Crippen LogP contribution in [0.2, 0.25) is 0 Å². The second kappa shape index (κ2) is 18.8. The standard InChI is InChI=1S/C49H74O12/c1-11-35(44(52)53)37-20-19-28(4)42(57-37)32(8)40(50)31(7)41(51)36(12-2)43-29(5)27-30(6)48(59-43)24-22-39(58-45(54)34-17-15-14-16-18-34)49(61-48)26-25-46(10,60-49)38-21-23-47(55,13-3)33(9)56-38/h14-18,22,24,28-33,35-40,42-43,50,55H,11-13,19-21,23,25-27H2,1-10H3,(H,52,53)/t28-,29-,30+,31-,32-,33-,35+,36-,37+,38+,39-,40+,42+,43-,46-,47+,48-,49-/m0/s1. The number of Topliss-reactive ketones (excluding diaryl/α,β-unsaturated/α-hetero) is 1.